The first kappa shape index (κ1) is 34.6. The summed E-state index contributed by atoms with van der Waals surface area (Å²) in [5.74, 6) is 1.62. The van der Waals surface area contributed by atoms with Crippen LogP contribution in [0.5, 0.6) is 11.6 Å². The fourth-order valence-corrected chi connectivity index (χ4v) is 6.17. The van der Waals surface area contributed by atoms with E-state index in [1.807, 2.05) is 36.4 Å². The van der Waals surface area contributed by atoms with E-state index in [9.17, 15) is 9.90 Å². The number of hydrogen-bond donors (Lipinski definition) is 0. The van der Waals surface area contributed by atoms with Gasteiger partial charge >= 0.3 is 29.6 Å². The summed E-state index contributed by atoms with van der Waals surface area (Å²) < 4.78 is 13.6. The van der Waals surface area contributed by atoms with Crippen molar-refractivity contribution >= 4 is 28.6 Å². The molecule has 0 fully saturated rings. The molecule has 45 heavy (non-hydrogen) atoms. The van der Waals surface area contributed by atoms with Gasteiger partial charge in [-0.15, -0.1) is 11.8 Å². The van der Waals surface area contributed by atoms with E-state index in [1.54, 1.807) is 45.1 Å². The van der Waals surface area contributed by atoms with Gasteiger partial charge in [-0.05, 0) is 59.9 Å². The first-order valence-corrected chi connectivity index (χ1v) is 15.7. The maximum Gasteiger partial charge on any atom is 1.00 e. The van der Waals surface area contributed by atoms with Gasteiger partial charge in [0.25, 0.3) is 0 Å². The number of methoxy groups -OCH3 is 1. The Morgan fingerprint density at radius 1 is 1.00 bits per heavy atom. The Bertz CT molecular complexity index is 1720. The largest absolute Gasteiger partial charge is 1.00 e. The molecule has 9 heteroatoms. The Kier molecular flexibility index (Phi) is 11.8. The van der Waals surface area contributed by atoms with Crippen molar-refractivity contribution in [3.8, 4) is 22.8 Å². The number of carbonyl (C=O) groups excluding carboxylic acids is 1. The molecule has 0 aliphatic carbocycles. The van der Waals surface area contributed by atoms with Crippen LogP contribution in [0.4, 0.5) is 0 Å². The smallest absolute Gasteiger partial charge is 0.550 e. The number of carboxylic acid groups (broad SMARTS) is 1. The number of benzene rings is 2. The molecular formula is C36H38N3NaO4S. The molecule has 3 aromatic heterocycles. The first-order chi connectivity index (χ1) is 21.1. The molecule has 2 aromatic carbocycles. The zero-order valence-electron chi connectivity index (χ0n) is 26.9. The van der Waals surface area contributed by atoms with Crippen LogP contribution >= 0.6 is 11.8 Å². The monoisotopic (exact) mass is 631 g/mol. The van der Waals surface area contributed by atoms with Crippen molar-refractivity contribution < 1.29 is 48.9 Å². The van der Waals surface area contributed by atoms with E-state index < -0.39 is 11.4 Å². The number of ether oxygens (including phenoxy) is 2. The average molecular weight is 632 g/mol. The fraction of sp³-hybridized carbons (Fsp3) is 0.306. The molecular weight excluding hydrogens is 593 g/mol. The molecule has 0 N–H and O–H groups in total. The summed E-state index contributed by atoms with van der Waals surface area (Å²) in [6, 6.07) is 24.2. The Morgan fingerprint density at radius 3 is 2.38 bits per heavy atom. The van der Waals surface area contributed by atoms with Gasteiger partial charge in [0.2, 0.25) is 5.88 Å². The van der Waals surface area contributed by atoms with Crippen molar-refractivity contribution in [2.45, 2.75) is 52.2 Å². The van der Waals surface area contributed by atoms with Crippen LogP contribution < -0.4 is 44.1 Å². The Morgan fingerprint density at radius 2 is 1.76 bits per heavy atom. The SMILES string of the molecule is COc1ccc(-c2ccc(Cn3c(CC(C)(C)C(=O)[O-])c(SCC(C)C)c4cc(OCc5ccccn5)ccc43)cc2)cn1.[Na+]. The fourth-order valence-electron chi connectivity index (χ4n) is 5.00. The number of pyridine rings is 2. The minimum atomic E-state index is -1.06. The van der Waals surface area contributed by atoms with Crippen molar-refractivity contribution in [2.75, 3.05) is 12.9 Å². The minimum Gasteiger partial charge on any atom is -0.550 e. The number of nitrogens with zero attached hydrogens (tertiary/aromatic N) is 3. The van der Waals surface area contributed by atoms with E-state index in [4.69, 9.17) is 9.47 Å². The normalized spacial score (nSPS) is 11.4. The van der Waals surface area contributed by atoms with Crippen LogP contribution in [-0.4, -0.2) is 33.4 Å². The number of aliphatic carboxylic acids is 1. The molecule has 0 spiro atoms. The second-order valence-electron chi connectivity index (χ2n) is 12.0. The van der Waals surface area contributed by atoms with Crippen LogP contribution in [0.15, 0.2) is 90.1 Å². The number of hydrogen-bond acceptors (Lipinski definition) is 7. The van der Waals surface area contributed by atoms with Crippen molar-refractivity contribution in [1.29, 1.82) is 0 Å². The van der Waals surface area contributed by atoms with Gasteiger partial charge in [0.05, 0.1) is 12.8 Å². The van der Waals surface area contributed by atoms with Crippen LogP contribution in [0.3, 0.4) is 0 Å². The van der Waals surface area contributed by atoms with Crippen LogP contribution in [-0.2, 0) is 24.4 Å². The summed E-state index contributed by atoms with van der Waals surface area (Å²) in [5, 5.41) is 13.3. The van der Waals surface area contributed by atoms with E-state index in [1.165, 1.54) is 0 Å². The van der Waals surface area contributed by atoms with Gasteiger partial charge in [0.15, 0.2) is 0 Å². The number of rotatable bonds is 13. The molecule has 0 saturated heterocycles. The second kappa shape index (κ2) is 15.3. The topological polar surface area (TPSA) is 89.3 Å². The molecule has 0 bridgehead atoms. The van der Waals surface area contributed by atoms with Crippen molar-refractivity contribution in [3.05, 3.63) is 102 Å². The predicted molar refractivity (Wildman–Crippen MR) is 174 cm³/mol. The van der Waals surface area contributed by atoms with Crippen molar-refractivity contribution in [2.24, 2.45) is 11.3 Å². The van der Waals surface area contributed by atoms with Crippen LogP contribution in [0.1, 0.15) is 44.6 Å². The van der Waals surface area contributed by atoms with Gasteiger partial charge in [0.1, 0.15) is 12.4 Å². The second-order valence-corrected chi connectivity index (χ2v) is 13.0. The number of fused-ring (bicyclic) bond motifs is 1. The standard InChI is InChI=1S/C36H39N3O4S.Na/c1-24(2)23-44-34-30-18-29(43-22-28-8-6-7-17-37-28)14-15-31(30)39(32(34)19-36(3,4)35(40)41)21-25-9-11-26(12-10-25)27-13-16-33(42-5)38-20-27;/h6-18,20,24H,19,21-23H2,1-5H3,(H,40,41);/q;+1/p-1. The first-order valence-electron chi connectivity index (χ1n) is 14.8. The van der Waals surface area contributed by atoms with Crippen molar-refractivity contribution in [3.63, 3.8) is 0 Å². The maximum absolute atomic E-state index is 12.2. The summed E-state index contributed by atoms with van der Waals surface area (Å²) in [6.45, 7) is 8.81. The third-order valence-electron chi connectivity index (χ3n) is 7.50. The Balaban J connectivity index is 0.00000461. The summed E-state index contributed by atoms with van der Waals surface area (Å²) in [5.41, 5.74) is 5.00. The van der Waals surface area contributed by atoms with Crippen molar-refractivity contribution in [1.82, 2.24) is 14.5 Å². The number of carbonyl (C=O) groups is 1. The quantitative estimate of drug-likeness (QED) is 0.144. The number of aromatic nitrogens is 3. The molecule has 7 nitrogen and oxygen atoms in total. The minimum absolute atomic E-state index is 0. The number of carboxylic acids is 1. The van der Waals surface area contributed by atoms with Gasteiger partial charge in [-0.3, -0.25) is 4.98 Å². The molecule has 0 aliphatic rings. The number of thioether (sulfide) groups is 1. The summed E-state index contributed by atoms with van der Waals surface area (Å²) in [7, 11) is 1.60. The molecule has 5 rings (SSSR count). The Labute approximate surface area is 291 Å². The molecule has 3 heterocycles. The van der Waals surface area contributed by atoms with Gasteiger partial charge in [-0.25, -0.2) is 4.98 Å². The summed E-state index contributed by atoms with van der Waals surface area (Å²) in [4.78, 5) is 22.0. The third-order valence-corrected chi connectivity index (χ3v) is 9.08. The third kappa shape index (κ3) is 8.50. The predicted octanol–water partition coefficient (Wildman–Crippen LogP) is 3.80. The zero-order chi connectivity index (χ0) is 31.3. The average Bonchev–Trinajstić information content (AvgIpc) is 3.30. The molecule has 0 saturated carbocycles. The Hall–Kier alpha value is -3.30. The molecule has 0 amide bonds. The molecule has 0 radical (unpaired) electrons. The molecule has 0 unspecified atom stereocenters. The van der Waals surface area contributed by atoms with Gasteiger partial charge in [-0.1, -0.05) is 58.0 Å². The van der Waals surface area contributed by atoms with Gasteiger partial charge < -0.3 is 23.9 Å². The molecule has 5 aromatic rings. The van der Waals surface area contributed by atoms with E-state index in [-0.39, 0.29) is 29.6 Å². The van der Waals surface area contributed by atoms with E-state index in [0.29, 0.717) is 31.4 Å². The molecule has 0 atom stereocenters. The van der Waals surface area contributed by atoms with Gasteiger partial charge in [-0.2, -0.15) is 0 Å². The molecule has 0 aliphatic heterocycles. The molecule has 228 valence electrons. The zero-order valence-corrected chi connectivity index (χ0v) is 29.7. The van der Waals surface area contributed by atoms with Gasteiger partial charge in [0, 0.05) is 69.2 Å². The van der Waals surface area contributed by atoms with Crippen LogP contribution in [0.25, 0.3) is 22.0 Å². The van der Waals surface area contributed by atoms with Crippen LogP contribution in [0, 0.1) is 11.3 Å². The van der Waals surface area contributed by atoms with E-state index in [0.717, 1.165) is 55.4 Å². The van der Waals surface area contributed by atoms with Crippen LogP contribution in [0.2, 0.25) is 0 Å². The van der Waals surface area contributed by atoms with E-state index >= 15 is 0 Å². The summed E-state index contributed by atoms with van der Waals surface area (Å²) >= 11 is 1.78. The van der Waals surface area contributed by atoms with E-state index in [2.05, 4.69) is 64.8 Å². The summed E-state index contributed by atoms with van der Waals surface area (Å²) in [6.07, 6.45) is 3.90. The maximum atomic E-state index is 12.2.